The molecular formula is C18H19ClN4O2. The Labute approximate surface area is 150 Å². The van der Waals surface area contributed by atoms with Crippen LogP contribution in [0.4, 0.5) is 5.82 Å². The smallest absolute Gasteiger partial charge is 0.271 e. The maximum atomic E-state index is 12.2. The Hall–Kier alpha value is -2.34. The van der Waals surface area contributed by atoms with Gasteiger partial charge in [-0.2, -0.15) is 4.68 Å². The normalized spacial score (nSPS) is 17.6. The van der Waals surface area contributed by atoms with Gasteiger partial charge in [-0.3, -0.25) is 9.59 Å². The van der Waals surface area contributed by atoms with Gasteiger partial charge >= 0.3 is 0 Å². The minimum atomic E-state index is -0.186. The Bertz CT molecular complexity index is 837. The van der Waals surface area contributed by atoms with Gasteiger partial charge in [-0.15, -0.1) is 5.10 Å². The summed E-state index contributed by atoms with van der Waals surface area (Å²) in [5.41, 5.74) is 0.493. The summed E-state index contributed by atoms with van der Waals surface area (Å²) < 4.78 is 1.38. The molecule has 2 aromatic rings. The molecule has 1 aromatic carbocycles. The maximum Gasteiger partial charge on any atom is 0.271 e. The van der Waals surface area contributed by atoms with Crippen LogP contribution in [0, 0.1) is 5.92 Å². The maximum absolute atomic E-state index is 12.2. The molecule has 7 heteroatoms. The zero-order chi connectivity index (χ0) is 17.4. The highest BCUT2D eigenvalue weighted by molar-refractivity contribution is 6.30. The van der Waals surface area contributed by atoms with Crippen molar-refractivity contribution in [2.45, 2.75) is 12.8 Å². The van der Waals surface area contributed by atoms with Gasteiger partial charge in [0.15, 0.2) is 0 Å². The van der Waals surface area contributed by atoms with Gasteiger partial charge in [0.1, 0.15) is 5.82 Å². The van der Waals surface area contributed by atoms with Crippen LogP contribution in [0.25, 0.3) is 5.69 Å². The third kappa shape index (κ3) is 3.39. The van der Waals surface area contributed by atoms with E-state index >= 15 is 0 Å². The number of piperazine rings is 1. The molecule has 1 saturated carbocycles. The van der Waals surface area contributed by atoms with E-state index in [1.807, 2.05) is 4.90 Å². The van der Waals surface area contributed by atoms with Crippen molar-refractivity contribution in [2.24, 2.45) is 5.92 Å². The number of anilines is 1. The summed E-state index contributed by atoms with van der Waals surface area (Å²) in [6.07, 6.45) is 2.07. The highest BCUT2D eigenvalue weighted by atomic mass is 35.5. The van der Waals surface area contributed by atoms with E-state index in [0.29, 0.717) is 29.7 Å². The van der Waals surface area contributed by atoms with Crippen LogP contribution in [0.3, 0.4) is 0 Å². The van der Waals surface area contributed by atoms with Gasteiger partial charge < -0.3 is 9.80 Å². The summed E-state index contributed by atoms with van der Waals surface area (Å²) in [5, 5.41) is 5.11. The standard InChI is InChI=1S/C18H19ClN4O2/c19-14-3-5-15(6-4-14)23-17(24)8-7-16(20-23)21-9-11-22(12-10-21)18(25)13-1-2-13/h3-8,13H,1-2,9-12H2. The largest absolute Gasteiger partial charge is 0.352 e. The summed E-state index contributed by atoms with van der Waals surface area (Å²) in [6, 6.07) is 10.3. The second kappa shape index (κ2) is 6.52. The Balaban J connectivity index is 1.51. The molecule has 130 valence electrons. The summed E-state index contributed by atoms with van der Waals surface area (Å²) in [4.78, 5) is 28.4. The number of benzene rings is 1. The highest BCUT2D eigenvalue weighted by Gasteiger charge is 2.34. The quantitative estimate of drug-likeness (QED) is 0.841. The third-order valence-electron chi connectivity index (χ3n) is 4.70. The van der Waals surface area contributed by atoms with Gasteiger partial charge in [-0.25, -0.2) is 0 Å². The molecular weight excluding hydrogens is 340 g/mol. The van der Waals surface area contributed by atoms with E-state index in [2.05, 4.69) is 10.00 Å². The predicted octanol–water partition coefficient (Wildman–Crippen LogP) is 1.94. The van der Waals surface area contributed by atoms with Gasteiger partial charge in [0.25, 0.3) is 5.56 Å². The van der Waals surface area contributed by atoms with E-state index in [0.717, 1.165) is 31.7 Å². The number of nitrogens with zero attached hydrogens (tertiary/aromatic N) is 4. The Kier molecular flexibility index (Phi) is 4.21. The van der Waals surface area contributed by atoms with Crippen molar-refractivity contribution < 1.29 is 4.79 Å². The summed E-state index contributed by atoms with van der Waals surface area (Å²) in [7, 11) is 0. The van der Waals surface area contributed by atoms with Crippen LogP contribution >= 0.6 is 11.6 Å². The predicted molar refractivity (Wildman–Crippen MR) is 96.4 cm³/mol. The fourth-order valence-corrected chi connectivity index (χ4v) is 3.21. The molecule has 0 spiro atoms. The second-order valence-corrected chi connectivity index (χ2v) is 6.94. The number of carbonyl (C=O) groups excluding carboxylic acids is 1. The van der Waals surface area contributed by atoms with Crippen LogP contribution in [-0.2, 0) is 4.79 Å². The molecule has 0 radical (unpaired) electrons. The molecule has 1 aliphatic heterocycles. The van der Waals surface area contributed by atoms with Crippen LogP contribution in [0.1, 0.15) is 12.8 Å². The van der Waals surface area contributed by atoms with E-state index in [9.17, 15) is 9.59 Å². The Morgan fingerprint density at radius 3 is 2.32 bits per heavy atom. The molecule has 4 rings (SSSR count). The molecule has 1 saturated heterocycles. The topological polar surface area (TPSA) is 58.4 Å². The molecule has 0 atom stereocenters. The number of rotatable bonds is 3. The lowest BCUT2D eigenvalue weighted by atomic mass is 10.2. The molecule has 6 nitrogen and oxygen atoms in total. The highest BCUT2D eigenvalue weighted by Crippen LogP contribution is 2.31. The van der Waals surface area contributed by atoms with Gasteiger partial charge in [-0.1, -0.05) is 11.6 Å². The minimum Gasteiger partial charge on any atom is -0.352 e. The van der Waals surface area contributed by atoms with Gasteiger partial charge in [0.2, 0.25) is 5.91 Å². The van der Waals surface area contributed by atoms with Gasteiger partial charge in [0, 0.05) is 43.2 Å². The first kappa shape index (κ1) is 16.1. The van der Waals surface area contributed by atoms with Crippen molar-refractivity contribution in [3.05, 3.63) is 51.8 Å². The van der Waals surface area contributed by atoms with Crippen LogP contribution in [0.2, 0.25) is 5.02 Å². The van der Waals surface area contributed by atoms with E-state index in [1.165, 1.54) is 10.7 Å². The zero-order valence-electron chi connectivity index (χ0n) is 13.8. The summed E-state index contributed by atoms with van der Waals surface area (Å²) >= 11 is 5.91. The molecule has 1 amide bonds. The van der Waals surface area contributed by atoms with Crippen LogP contribution in [0.5, 0.6) is 0 Å². The fraction of sp³-hybridized carbons (Fsp3) is 0.389. The van der Waals surface area contributed by atoms with Crippen molar-refractivity contribution in [3.63, 3.8) is 0 Å². The van der Waals surface area contributed by atoms with Crippen molar-refractivity contribution in [2.75, 3.05) is 31.1 Å². The van der Waals surface area contributed by atoms with Crippen molar-refractivity contribution in [1.82, 2.24) is 14.7 Å². The number of carbonyl (C=O) groups is 1. The number of halogens is 1. The number of amides is 1. The molecule has 0 unspecified atom stereocenters. The molecule has 25 heavy (non-hydrogen) atoms. The molecule has 0 bridgehead atoms. The van der Waals surface area contributed by atoms with Crippen molar-refractivity contribution in [1.29, 1.82) is 0 Å². The van der Waals surface area contributed by atoms with E-state index in [1.54, 1.807) is 30.3 Å². The van der Waals surface area contributed by atoms with Crippen molar-refractivity contribution >= 4 is 23.3 Å². The average molecular weight is 359 g/mol. The summed E-state index contributed by atoms with van der Waals surface area (Å²) in [6.45, 7) is 2.86. The van der Waals surface area contributed by atoms with Gasteiger partial charge in [-0.05, 0) is 43.2 Å². The van der Waals surface area contributed by atoms with Crippen LogP contribution in [0.15, 0.2) is 41.2 Å². The lowest BCUT2D eigenvalue weighted by Crippen LogP contribution is -2.49. The lowest BCUT2D eigenvalue weighted by Gasteiger charge is -2.35. The number of aromatic nitrogens is 2. The molecule has 2 aliphatic rings. The lowest BCUT2D eigenvalue weighted by molar-refractivity contribution is -0.132. The fourth-order valence-electron chi connectivity index (χ4n) is 3.08. The van der Waals surface area contributed by atoms with Gasteiger partial charge in [0.05, 0.1) is 5.69 Å². The number of hydrogen-bond donors (Lipinski definition) is 0. The zero-order valence-corrected chi connectivity index (χ0v) is 14.5. The SMILES string of the molecule is O=C(C1CC1)N1CCN(c2ccc(=O)n(-c3ccc(Cl)cc3)n2)CC1. The van der Waals surface area contributed by atoms with E-state index < -0.39 is 0 Å². The van der Waals surface area contributed by atoms with E-state index in [-0.39, 0.29) is 11.5 Å². The Morgan fingerprint density at radius 1 is 1.00 bits per heavy atom. The number of hydrogen-bond acceptors (Lipinski definition) is 4. The molecule has 2 heterocycles. The van der Waals surface area contributed by atoms with E-state index in [4.69, 9.17) is 11.6 Å². The molecule has 0 N–H and O–H groups in total. The molecule has 1 aliphatic carbocycles. The molecule has 2 fully saturated rings. The first-order chi connectivity index (χ1) is 12.1. The minimum absolute atomic E-state index is 0.186. The van der Waals surface area contributed by atoms with Crippen molar-refractivity contribution in [3.8, 4) is 5.69 Å². The third-order valence-corrected chi connectivity index (χ3v) is 4.95. The second-order valence-electron chi connectivity index (χ2n) is 6.50. The average Bonchev–Trinajstić information content (AvgIpc) is 3.48. The van der Waals surface area contributed by atoms with Crippen LogP contribution < -0.4 is 10.5 Å². The first-order valence-electron chi connectivity index (χ1n) is 8.52. The first-order valence-corrected chi connectivity index (χ1v) is 8.90. The summed E-state index contributed by atoms with van der Waals surface area (Å²) in [5.74, 6) is 1.29. The molecule has 1 aromatic heterocycles. The Morgan fingerprint density at radius 2 is 1.68 bits per heavy atom. The monoisotopic (exact) mass is 358 g/mol. The van der Waals surface area contributed by atoms with Crippen LogP contribution in [-0.4, -0.2) is 46.8 Å².